The van der Waals surface area contributed by atoms with Gasteiger partial charge in [-0.3, -0.25) is 4.79 Å². The molecule has 1 aliphatic rings. The van der Waals surface area contributed by atoms with Crippen LogP contribution >= 0.6 is 34.8 Å². The van der Waals surface area contributed by atoms with E-state index in [1.165, 1.54) is 0 Å². The van der Waals surface area contributed by atoms with E-state index in [0.717, 1.165) is 34.1 Å². The van der Waals surface area contributed by atoms with Crippen molar-refractivity contribution in [1.29, 1.82) is 0 Å². The van der Waals surface area contributed by atoms with Crippen molar-refractivity contribution in [2.24, 2.45) is 0 Å². The van der Waals surface area contributed by atoms with Gasteiger partial charge in [0.15, 0.2) is 0 Å². The van der Waals surface area contributed by atoms with Crippen LogP contribution in [-0.2, 0) is 6.54 Å². The van der Waals surface area contributed by atoms with Gasteiger partial charge in [-0.1, -0.05) is 40.9 Å². The van der Waals surface area contributed by atoms with Gasteiger partial charge < -0.3 is 9.88 Å². The number of carbonyl (C=O) groups is 1. The number of amides is 1. The standard InChI is InChI=1S/C18H13Cl3N2O/c1-9-12-7-11(19)8-13(10-2-3-14(20)15(21)6-10)17(12)23-5-4-22-18(24)16(9)23/h2-3,6-8H,4-5H2,1H3,(H,22,24). The predicted molar refractivity (Wildman–Crippen MR) is 99.5 cm³/mol. The summed E-state index contributed by atoms with van der Waals surface area (Å²) in [5.74, 6) is -0.0499. The summed E-state index contributed by atoms with van der Waals surface area (Å²) in [6, 6.07) is 9.32. The molecule has 2 aromatic carbocycles. The maximum Gasteiger partial charge on any atom is 0.268 e. The largest absolute Gasteiger partial charge is 0.349 e. The van der Waals surface area contributed by atoms with Gasteiger partial charge in [0.1, 0.15) is 5.69 Å². The lowest BCUT2D eigenvalue weighted by atomic mass is 10.0. The average Bonchev–Trinajstić information content (AvgIpc) is 2.83. The maximum atomic E-state index is 12.3. The lowest BCUT2D eigenvalue weighted by Crippen LogP contribution is -2.35. The van der Waals surface area contributed by atoms with Crippen molar-refractivity contribution in [2.75, 3.05) is 6.54 Å². The van der Waals surface area contributed by atoms with Crippen molar-refractivity contribution in [3.8, 4) is 11.1 Å². The lowest BCUT2D eigenvalue weighted by Gasteiger charge is -2.18. The molecule has 0 radical (unpaired) electrons. The SMILES string of the molecule is Cc1c2n(c3c(-c4ccc(Cl)c(Cl)c4)cc(Cl)cc13)CCNC2=O. The monoisotopic (exact) mass is 378 g/mol. The Morgan fingerprint density at radius 3 is 2.62 bits per heavy atom. The molecular formula is C18H13Cl3N2O. The van der Waals surface area contributed by atoms with Crippen molar-refractivity contribution in [3.63, 3.8) is 0 Å². The second kappa shape index (κ2) is 5.69. The Morgan fingerprint density at radius 1 is 1.08 bits per heavy atom. The molecule has 0 spiro atoms. The number of halogens is 3. The number of aromatic nitrogens is 1. The number of nitrogens with one attached hydrogen (secondary N) is 1. The van der Waals surface area contributed by atoms with Gasteiger partial charge in [0.25, 0.3) is 5.91 Å². The number of benzene rings is 2. The van der Waals surface area contributed by atoms with E-state index in [4.69, 9.17) is 34.8 Å². The average molecular weight is 380 g/mol. The lowest BCUT2D eigenvalue weighted by molar-refractivity contribution is 0.0928. The van der Waals surface area contributed by atoms with Gasteiger partial charge in [0.05, 0.1) is 15.6 Å². The Labute approximate surface area is 154 Å². The number of carbonyl (C=O) groups excluding carboxylic acids is 1. The molecule has 3 nitrogen and oxygen atoms in total. The van der Waals surface area contributed by atoms with Gasteiger partial charge in [-0.05, 0) is 42.3 Å². The van der Waals surface area contributed by atoms with Crippen molar-refractivity contribution in [1.82, 2.24) is 9.88 Å². The molecule has 0 saturated carbocycles. The van der Waals surface area contributed by atoms with Gasteiger partial charge >= 0.3 is 0 Å². The molecule has 122 valence electrons. The van der Waals surface area contributed by atoms with Crippen LogP contribution < -0.4 is 5.32 Å². The zero-order valence-corrected chi connectivity index (χ0v) is 15.1. The van der Waals surface area contributed by atoms with Crippen LogP contribution in [0.15, 0.2) is 30.3 Å². The first-order chi connectivity index (χ1) is 11.5. The van der Waals surface area contributed by atoms with Crippen molar-refractivity contribution < 1.29 is 4.79 Å². The summed E-state index contributed by atoms with van der Waals surface area (Å²) in [5, 5.41) is 5.50. The van der Waals surface area contributed by atoms with E-state index in [-0.39, 0.29) is 5.91 Å². The summed E-state index contributed by atoms with van der Waals surface area (Å²) in [5.41, 5.74) is 4.49. The maximum absolute atomic E-state index is 12.3. The highest BCUT2D eigenvalue weighted by molar-refractivity contribution is 6.42. The number of hydrogen-bond donors (Lipinski definition) is 1. The minimum atomic E-state index is -0.0499. The van der Waals surface area contributed by atoms with Crippen LogP contribution in [0.1, 0.15) is 16.1 Å². The molecular weight excluding hydrogens is 367 g/mol. The molecule has 0 saturated heterocycles. The third kappa shape index (κ3) is 2.31. The fraction of sp³-hybridized carbons (Fsp3) is 0.167. The molecule has 2 heterocycles. The van der Waals surface area contributed by atoms with E-state index in [1.807, 2.05) is 31.2 Å². The van der Waals surface area contributed by atoms with Crippen LogP contribution in [0.5, 0.6) is 0 Å². The second-order valence-corrected chi connectivity index (χ2v) is 7.11. The number of rotatable bonds is 1. The minimum Gasteiger partial charge on any atom is -0.349 e. The van der Waals surface area contributed by atoms with Crippen LogP contribution in [0.2, 0.25) is 15.1 Å². The van der Waals surface area contributed by atoms with Gasteiger partial charge in [-0.15, -0.1) is 0 Å². The molecule has 0 unspecified atom stereocenters. The predicted octanol–water partition coefficient (Wildman–Crippen LogP) is 5.32. The van der Waals surface area contributed by atoms with E-state index < -0.39 is 0 Å². The van der Waals surface area contributed by atoms with Gasteiger partial charge in [-0.2, -0.15) is 0 Å². The summed E-state index contributed by atoms with van der Waals surface area (Å²) in [4.78, 5) is 12.3. The van der Waals surface area contributed by atoms with Crippen LogP contribution in [0.3, 0.4) is 0 Å². The van der Waals surface area contributed by atoms with Crippen molar-refractivity contribution >= 4 is 51.6 Å². The van der Waals surface area contributed by atoms with Gasteiger partial charge in [0, 0.05) is 29.1 Å². The highest BCUT2D eigenvalue weighted by atomic mass is 35.5. The summed E-state index contributed by atoms with van der Waals surface area (Å²) in [6.07, 6.45) is 0. The zero-order chi connectivity index (χ0) is 17.0. The first-order valence-electron chi connectivity index (χ1n) is 7.53. The minimum absolute atomic E-state index is 0.0499. The number of hydrogen-bond acceptors (Lipinski definition) is 1. The second-order valence-electron chi connectivity index (χ2n) is 5.86. The molecule has 1 amide bonds. The number of nitrogens with zero attached hydrogens (tertiary/aromatic N) is 1. The molecule has 6 heteroatoms. The smallest absolute Gasteiger partial charge is 0.268 e. The third-order valence-electron chi connectivity index (χ3n) is 4.44. The Balaban J connectivity index is 2.10. The van der Waals surface area contributed by atoms with Gasteiger partial charge in [-0.25, -0.2) is 0 Å². The summed E-state index contributed by atoms with van der Waals surface area (Å²) >= 11 is 18.6. The first kappa shape index (κ1) is 15.8. The van der Waals surface area contributed by atoms with Crippen LogP contribution in [0.25, 0.3) is 22.0 Å². The first-order valence-corrected chi connectivity index (χ1v) is 8.66. The highest BCUT2D eigenvalue weighted by Crippen LogP contribution is 2.39. The Morgan fingerprint density at radius 2 is 1.88 bits per heavy atom. The molecule has 1 aliphatic heterocycles. The Kier molecular flexibility index (Phi) is 3.75. The molecule has 1 N–H and O–H groups in total. The van der Waals surface area contributed by atoms with Crippen molar-refractivity contribution in [3.05, 3.63) is 56.7 Å². The van der Waals surface area contributed by atoms with Crippen LogP contribution in [0.4, 0.5) is 0 Å². The normalized spacial score (nSPS) is 13.9. The highest BCUT2D eigenvalue weighted by Gasteiger charge is 2.25. The summed E-state index contributed by atoms with van der Waals surface area (Å²) in [7, 11) is 0. The van der Waals surface area contributed by atoms with Gasteiger partial charge in [0.2, 0.25) is 0 Å². The fourth-order valence-corrected chi connectivity index (χ4v) is 3.90. The number of fused-ring (bicyclic) bond motifs is 3. The molecule has 4 rings (SSSR count). The fourth-order valence-electron chi connectivity index (χ4n) is 3.38. The quantitative estimate of drug-likeness (QED) is 0.610. The van der Waals surface area contributed by atoms with E-state index in [9.17, 15) is 4.79 Å². The Hall–Kier alpha value is -1.68. The summed E-state index contributed by atoms with van der Waals surface area (Å²) in [6.45, 7) is 3.29. The molecule has 0 atom stereocenters. The molecule has 0 bridgehead atoms. The molecule has 3 aromatic rings. The molecule has 1 aromatic heterocycles. The molecule has 0 aliphatic carbocycles. The third-order valence-corrected chi connectivity index (χ3v) is 5.40. The summed E-state index contributed by atoms with van der Waals surface area (Å²) < 4.78 is 2.07. The topological polar surface area (TPSA) is 34.0 Å². The number of aryl methyl sites for hydroxylation is 1. The molecule has 24 heavy (non-hydrogen) atoms. The van der Waals surface area contributed by atoms with Crippen molar-refractivity contribution in [2.45, 2.75) is 13.5 Å². The molecule has 0 fully saturated rings. The van der Waals surface area contributed by atoms with Crippen LogP contribution in [-0.4, -0.2) is 17.0 Å². The van der Waals surface area contributed by atoms with E-state index in [0.29, 0.717) is 27.3 Å². The zero-order valence-electron chi connectivity index (χ0n) is 12.8. The van der Waals surface area contributed by atoms with E-state index in [2.05, 4.69) is 9.88 Å². The van der Waals surface area contributed by atoms with Crippen LogP contribution in [0, 0.1) is 6.92 Å². The van der Waals surface area contributed by atoms with E-state index in [1.54, 1.807) is 6.07 Å². The van der Waals surface area contributed by atoms with E-state index >= 15 is 0 Å². The Bertz CT molecular complexity index is 1010.